The zero-order valence-corrected chi connectivity index (χ0v) is 13.6. The Morgan fingerprint density at radius 3 is 2.19 bits per heavy atom. The molecule has 1 aliphatic rings. The molecule has 21 heavy (non-hydrogen) atoms. The van der Waals surface area contributed by atoms with Gasteiger partial charge in [-0.3, -0.25) is 9.59 Å². The van der Waals surface area contributed by atoms with E-state index in [4.69, 9.17) is 27.9 Å². The molecule has 0 saturated heterocycles. The third-order valence-electron chi connectivity index (χ3n) is 3.70. The fourth-order valence-corrected chi connectivity index (χ4v) is 2.67. The molecule has 1 fully saturated rings. The Morgan fingerprint density at radius 1 is 1.24 bits per heavy atom. The number of esters is 1. The van der Waals surface area contributed by atoms with E-state index in [2.05, 4.69) is 0 Å². The molecule has 0 bridgehead atoms. The number of alkyl halides is 2. The monoisotopic (exact) mass is 329 g/mol. The topological polar surface area (TPSA) is 46.6 Å². The van der Waals surface area contributed by atoms with Crippen molar-refractivity contribution in [2.45, 2.75) is 23.8 Å². The van der Waals surface area contributed by atoms with Gasteiger partial charge in [-0.15, -0.1) is 23.2 Å². The molecule has 1 amide bonds. The lowest BCUT2D eigenvalue weighted by atomic mass is 10.1. The minimum Gasteiger partial charge on any atom is -0.447 e. The molecule has 1 saturated carbocycles. The number of hydrogen-bond acceptors (Lipinski definition) is 3. The number of benzene rings is 1. The van der Waals surface area contributed by atoms with Gasteiger partial charge in [0.1, 0.15) is 9.75 Å². The molecule has 4 nitrogen and oxygen atoms in total. The number of likely N-dealkylation sites (N-methyl/N-ethyl adjacent to an activating group) is 1. The maximum Gasteiger partial charge on any atom is 0.316 e. The van der Waals surface area contributed by atoms with Crippen molar-refractivity contribution in [2.75, 3.05) is 14.1 Å². The molecule has 2 unspecified atom stereocenters. The van der Waals surface area contributed by atoms with Gasteiger partial charge in [-0.25, -0.2) is 0 Å². The largest absolute Gasteiger partial charge is 0.447 e. The second-order valence-electron chi connectivity index (χ2n) is 5.64. The third kappa shape index (κ3) is 3.01. The summed E-state index contributed by atoms with van der Waals surface area (Å²) < 4.78 is 4.30. The molecule has 1 aromatic carbocycles. The Morgan fingerprint density at radius 2 is 1.76 bits per heavy atom. The molecule has 6 heteroatoms. The van der Waals surface area contributed by atoms with E-state index in [1.165, 1.54) is 4.90 Å². The van der Waals surface area contributed by atoms with Crippen LogP contribution in [0, 0.1) is 5.41 Å². The minimum absolute atomic E-state index is 0.312. The summed E-state index contributed by atoms with van der Waals surface area (Å²) in [6.07, 6.45) is -0.671. The lowest BCUT2D eigenvalue weighted by Gasteiger charge is -2.23. The SMILES string of the molecule is CN(C)C(=O)C(OC(=O)C1(C)CC1(Cl)Cl)c1ccccc1. The lowest BCUT2D eigenvalue weighted by molar-refractivity contribution is -0.164. The second kappa shape index (κ2) is 5.50. The van der Waals surface area contributed by atoms with E-state index in [1.54, 1.807) is 45.3 Å². The predicted molar refractivity (Wildman–Crippen MR) is 81.1 cm³/mol. The summed E-state index contributed by atoms with van der Waals surface area (Å²) >= 11 is 12.0. The third-order valence-corrected chi connectivity index (χ3v) is 4.80. The van der Waals surface area contributed by atoms with E-state index < -0.39 is 21.8 Å². The van der Waals surface area contributed by atoms with Crippen LogP contribution < -0.4 is 0 Å². The maximum atomic E-state index is 12.3. The maximum absolute atomic E-state index is 12.3. The van der Waals surface area contributed by atoms with Gasteiger partial charge < -0.3 is 9.64 Å². The number of hydrogen-bond donors (Lipinski definition) is 0. The summed E-state index contributed by atoms with van der Waals surface area (Å²) in [6, 6.07) is 8.87. The average Bonchev–Trinajstić information content (AvgIpc) is 2.96. The van der Waals surface area contributed by atoms with Gasteiger partial charge in [-0.05, 0) is 6.92 Å². The van der Waals surface area contributed by atoms with Crippen molar-refractivity contribution in [2.24, 2.45) is 5.41 Å². The highest BCUT2D eigenvalue weighted by Gasteiger charge is 2.69. The molecule has 0 N–H and O–H groups in total. The van der Waals surface area contributed by atoms with E-state index in [9.17, 15) is 9.59 Å². The molecular weight excluding hydrogens is 313 g/mol. The Bertz CT molecular complexity index is 559. The Kier molecular flexibility index (Phi) is 4.22. The smallest absolute Gasteiger partial charge is 0.316 e. The van der Waals surface area contributed by atoms with Crippen LogP contribution in [0.1, 0.15) is 25.0 Å². The number of carbonyl (C=O) groups is 2. The highest BCUT2D eigenvalue weighted by Crippen LogP contribution is 2.64. The number of amides is 1. The van der Waals surface area contributed by atoms with Crippen LogP contribution in [0.2, 0.25) is 0 Å². The standard InChI is InChI=1S/C15H17Cl2NO3/c1-14(9-15(14,16)17)13(20)21-11(12(19)18(2)3)10-7-5-4-6-8-10/h4-8,11H,9H2,1-3H3. The van der Waals surface area contributed by atoms with Gasteiger partial charge in [0, 0.05) is 26.1 Å². The number of rotatable bonds is 4. The van der Waals surface area contributed by atoms with Gasteiger partial charge in [-0.1, -0.05) is 30.3 Å². The Labute approximate surface area is 134 Å². The van der Waals surface area contributed by atoms with Crippen LogP contribution in [0.3, 0.4) is 0 Å². The Balaban J connectivity index is 2.22. The molecule has 0 radical (unpaired) electrons. The number of halogens is 2. The van der Waals surface area contributed by atoms with Crippen molar-refractivity contribution in [3.8, 4) is 0 Å². The van der Waals surface area contributed by atoms with Crippen molar-refractivity contribution >= 4 is 35.1 Å². The highest BCUT2D eigenvalue weighted by atomic mass is 35.5. The Hall–Kier alpha value is -1.26. The summed E-state index contributed by atoms with van der Waals surface area (Å²) in [6.45, 7) is 1.64. The molecule has 1 aromatic rings. The van der Waals surface area contributed by atoms with Crippen LogP contribution in [0.4, 0.5) is 0 Å². The van der Waals surface area contributed by atoms with Crippen molar-refractivity contribution in [3.63, 3.8) is 0 Å². The quantitative estimate of drug-likeness (QED) is 0.630. The van der Waals surface area contributed by atoms with Crippen LogP contribution in [0.5, 0.6) is 0 Å². The molecule has 1 aliphatic carbocycles. The van der Waals surface area contributed by atoms with Gasteiger partial charge in [0.15, 0.2) is 0 Å². The molecule has 114 valence electrons. The van der Waals surface area contributed by atoms with E-state index >= 15 is 0 Å². The summed E-state index contributed by atoms with van der Waals surface area (Å²) in [5.74, 6) is -0.870. The molecule has 2 atom stereocenters. The van der Waals surface area contributed by atoms with Crippen molar-refractivity contribution in [1.29, 1.82) is 0 Å². The zero-order valence-electron chi connectivity index (χ0n) is 12.1. The fraction of sp³-hybridized carbons (Fsp3) is 0.467. The first-order valence-corrected chi connectivity index (χ1v) is 7.30. The van der Waals surface area contributed by atoms with Crippen LogP contribution >= 0.6 is 23.2 Å². The first kappa shape index (κ1) is 16.1. The number of nitrogens with zero attached hydrogens (tertiary/aromatic N) is 1. The number of carbonyl (C=O) groups excluding carboxylic acids is 2. The van der Waals surface area contributed by atoms with E-state index in [1.807, 2.05) is 6.07 Å². The molecule has 0 aromatic heterocycles. The van der Waals surface area contributed by atoms with Crippen LogP contribution in [0.15, 0.2) is 30.3 Å². The summed E-state index contributed by atoms with van der Waals surface area (Å²) in [5, 5.41) is 0. The zero-order chi connectivity index (χ0) is 15.8. The first-order valence-electron chi connectivity index (χ1n) is 6.54. The van der Waals surface area contributed by atoms with E-state index in [-0.39, 0.29) is 5.91 Å². The van der Waals surface area contributed by atoms with Gasteiger partial charge >= 0.3 is 5.97 Å². The molecule has 0 heterocycles. The number of ether oxygens (including phenoxy) is 1. The van der Waals surface area contributed by atoms with Gasteiger partial charge in [0.2, 0.25) is 6.10 Å². The van der Waals surface area contributed by atoms with Gasteiger partial charge in [-0.2, -0.15) is 0 Å². The lowest BCUT2D eigenvalue weighted by Crippen LogP contribution is -2.33. The van der Waals surface area contributed by atoms with Crippen molar-refractivity contribution in [1.82, 2.24) is 4.90 Å². The molecule has 2 rings (SSSR count). The summed E-state index contributed by atoms with van der Waals surface area (Å²) in [5.41, 5.74) is -0.348. The van der Waals surface area contributed by atoms with Gasteiger partial charge in [0.25, 0.3) is 5.91 Å². The van der Waals surface area contributed by atoms with Crippen LogP contribution in [0.25, 0.3) is 0 Å². The van der Waals surface area contributed by atoms with Crippen molar-refractivity contribution in [3.05, 3.63) is 35.9 Å². The second-order valence-corrected chi connectivity index (χ2v) is 7.13. The summed E-state index contributed by atoms with van der Waals surface area (Å²) in [7, 11) is 3.22. The average molecular weight is 330 g/mol. The fourth-order valence-electron chi connectivity index (χ4n) is 1.98. The minimum atomic E-state index is -1.12. The molecule has 0 spiro atoms. The first-order chi connectivity index (χ1) is 9.69. The predicted octanol–water partition coefficient (Wildman–Crippen LogP) is 2.94. The van der Waals surface area contributed by atoms with Crippen LogP contribution in [-0.4, -0.2) is 35.2 Å². The summed E-state index contributed by atoms with van der Waals surface area (Å²) in [4.78, 5) is 25.9. The molecular formula is C15H17Cl2NO3. The highest BCUT2D eigenvalue weighted by molar-refractivity contribution is 6.53. The van der Waals surface area contributed by atoms with E-state index in [0.717, 1.165) is 0 Å². The van der Waals surface area contributed by atoms with E-state index in [0.29, 0.717) is 12.0 Å². The normalized spacial score (nSPS) is 24.0. The van der Waals surface area contributed by atoms with Crippen molar-refractivity contribution < 1.29 is 14.3 Å². The van der Waals surface area contributed by atoms with Crippen LogP contribution in [-0.2, 0) is 14.3 Å². The molecule has 0 aliphatic heterocycles. The van der Waals surface area contributed by atoms with Gasteiger partial charge in [0.05, 0.1) is 0 Å².